The quantitative estimate of drug-likeness (QED) is 0.860. The molecule has 0 aliphatic carbocycles. The van der Waals surface area contributed by atoms with Gasteiger partial charge in [-0.05, 0) is 38.0 Å². The van der Waals surface area contributed by atoms with Gasteiger partial charge in [0.1, 0.15) is 16.2 Å². The maximum Gasteiger partial charge on any atom is 0.142 e. The molecule has 100 valence electrons. The molecule has 19 heavy (non-hydrogen) atoms. The molecule has 4 heteroatoms. The summed E-state index contributed by atoms with van der Waals surface area (Å²) < 4.78 is 6.09. The Hall–Kier alpha value is -1.68. The minimum atomic E-state index is 0.663. The van der Waals surface area contributed by atoms with Crippen molar-refractivity contribution in [2.24, 2.45) is 0 Å². The summed E-state index contributed by atoms with van der Waals surface area (Å²) in [5, 5.41) is 0. The summed E-state index contributed by atoms with van der Waals surface area (Å²) in [6.45, 7) is 6.15. The highest BCUT2D eigenvalue weighted by molar-refractivity contribution is 7.71. The van der Waals surface area contributed by atoms with Gasteiger partial charge in [0, 0.05) is 11.3 Å². The Kier molecular flexibility index (Phi) is 4.00. The summed E-state index contributed by atoms with van der Waals surface area (Å²) in [7, 11) is 1.67. The standard InChI is InChI=1S/C15H18N2OS/c1-5-11-10(3)16-14(17-15(11)19)12-7-6-9(2)8-13(12)18-4/h6-8H,5H2,1-4H3,(H,16,17,19). The van der Waals surface area contributed by atoms with Gasteiger partial charge in [0.25, 0.3) is 0 Å². The van der Waals surface area contributed by atoms with Crippen LogP contribution in [-0.2, 0) is 6.42 Å². The number of benzene rings is 1. The van der Waals surface area contributed by atoms with E-state index < -0.39 is 0 Å². The Bertz CT molecular complexity index is 662. The highest BCUT2D eigenvalue weighted by Gasteiger charge is 2.10. The molecule has 2 aromatic rings. The van der Waals surface area contributed by atoms with Gasteiger partial charge in [-0.25, -0.2) is 4.98 Å². The van der Waals surface area contributed by atoms with Gasteiger partial charge in [-0.3, -0.25) is 0 Å². The molecule has 1 heterocycles. The maximum atomic E-state index is 5.42. The van der Waals surface area contributed by atoms with Gasteiger partial charge in [0.05, 0.1) is 12.7 Å². The first-order valence-corrected chi connectivity index (χ1v) is 6.72. The van der Waals surface area contributed by atoms with E-state index in [1.165, 1.54) is 0 Å². The van der Waals surface area contributed by atoms with Crippen molar-refractivity contribution in [1.82, 2.24) is 9.97 Å². The monoisotopic (exact) mass is 274 g/mol. The number of aryl methyl sites for hydroxylation is 2. The lowest BCUT2D eigenvalue weighted by molar-refractivity contribution is 0.416. The molecule has 3 nitrogen and oxygen atoms in total. The Balaban J connectivity index is 2.63. The van der Waals surface area contributed by atoms with Crippen LogP contribution in [0.3, 0.4) is 0 Å². The predicted octanol–water partition coefficient (Wildman–Crippen LogP) is 3.99. The van der Waals surface area contributed by atoms with Crippen LogP contribution in [0.15, 0.2) is 18.2 Å². The van der Waals surface area contributed by atoms with E-state index in [0.29, 0.717) is 4.64 Å². The highest BCUT2D eigenvalue weighted by Crippen LogP contribution is 2.28. The molecule has 0 radical (unpaired) electrons. The molecule has 0 saturated carbocycles. The van der Waals surface area contributed by atoms with E-state index in [0.717, 1.165) is 40.4 Å². The fourth-order valence-corrected chi connectivity index (χ4v) is 2.54. The summed E-state index contributed by atoms with van der Waals surface area (Å²) in [5.41, 5.74) is 4.26. The third-order valence-corrected chi connectivity index (χ3v) is 3.53. The number of H-pyrrole nitrogens is 1. The van der Waals surface area contributed by atoms with Gasteiger partial charge in [-0.1, -0.05) is 25.2 Å². The van der Waals surface area contributed by atoms with E-state index in [4.69, 9.17) is 17.0 Å². The van der Waals surface area contributed by atoms with Crippen molar-refractivity contribution in [3.05, 3.63) is 39.7 Å². The molecular weight excluding hydrogens is 256 g/mol. The van der Waals surface area contributed by atoms with Crippen molar-refractivity contribution in [2.45, 2.75) is 27.2 Å². The Labute approximate surface area is 118 Å². The van der Waals surface area contributed by atoms with E-state index in [-0.39, 0.29) is 0 Å². The zero-order valence-electron chi connectivity index (χ0n) is 11.7. The van der Waals surface area contributed by atoms with Gasteiger partial charge in [0.2, 0.25) is 0 Å². The minimum Gasteiger partial charge on any atom is -0.496 e. The first kappa shape index (κ1) is 13.7. The molecular formula is C15H18N2OS. The van der Waals surface area contributed by atoms with Gasteiger partial charge in [-0.2, -0.15) is 0 Å². The number of methoxy groups -OCH3 is 1. The van der Waals surface area contributed by atoms with Crippen LogP contribution >= 0.6 is 12.2 Å². The Morgan fingerprint density at radius 1 is 1.32 bits per heavy atom. The van der Waals surface area contributed by atoms with Crippen molar-refractivity contribution in [3.63, 3.8) is 0 Å². The smallest absolute Gasteiger partial charge is 0.142 e. The van der Waals surface area contributed by atoms with Gasteiger partial charge >= 0.3 is 0 Å². The third kappa shape index (κ3) is 2.68. The van der Waals surface area contributed by atoms with Crippen molar-refractivity contribution >= 4 is 12.2 Å². The second kappa shape index (κ2) is 5.53. The first-order chi connectivity index (χ1) is 9.06. The van der Waals surface area contributed by atoms with Gasteiger partial charge in [-0.15, -0.1) is 0 Å². The number of aromatic nitrogens is 2. The van der Waals surface area contributed by atoms with E-state index >= 15 is 0 Å². The van der Waals surface area contributed by atoms with Crippen molar-refractivity contribution in [2.75, 3.05) is 7.11 Å². The lowest BCUT2D eigenvalue weighted by Gasteiger charge is -2.11. The fourth-order valence-electron chi connectivity index (χ4n) is 2.15. The topological polar surface area (TPSA) is 37.9 Å². The summed E-state index contributed by atoms with van der Waals surface area (Å²) in [5.74, 6) is 1.57. The zero-order valence-corrected chi connectivity index (χ0v) is 12.5. The maximum absolute atomic E-state index is 5.42. The number of nitrogens with zero attached hydrogens (tertiary/aromatic N) is 1. The van der Waals surface area contributed by atoms with Crippen LogP contribution in [0.4, 0.5) is 0 Å². The third-order valence-electron chi connectivity index (χ3n) is 3.20. The van der Waals surface area contributed by atoms with Gasteiger partial charge in [0.15, 0.2) is 0 Å². The molecule has 2 rings (SSSR count). The molecule has 0 bridgehead atoms. The van der Waals surface area contributed by atoms with E-state index in [1.54, 1.807) is 7.11 Å². The number of rotatable bonds is 3. The molecule has 0 aliphatic rings. The fraction of sp³-hybridized carbons (Fsp3) is 0.333. The van der Waals surface area contributed by atoms with Crippen LogP contribution in [0.1, 0.15) is 23.7 Å². The second-order valence-corrected chi connectivity index (χ2v) is 4.94. The first-order valence-electron chi connectivity index (χ1n) is 6.31. The van der Waals surface area contributed by atoms with Crippen molar-refractivity contribution in [1.29, 1.82) is 0 Å². The van der Waals surface area contributed by atoms with Crippen LogP contribution in [0.25, 0.3) is 11.4 Å². The average molecular weight is 274 g/mol. The highest BCUT2D eigenvalue weighted by atomic mass is 32.1. The number of aromatic amines is 1. The summed E-state index contributed by atoms with van der Waals surface area (Å²) in [6, 6.07) is 6.04. The largest absolute Gasteiger partial charge is 0.496 e. The Morgan fingerprint density at radius 2 is 2.05 bits per heavy atom. The van der Waals surface area contributed by atoms with Crippen LogP contribution in [-0.4, -0.2) is 17.1 Å². The number of nitrogens with one attached hydrogen (secondary N) is 1. The number of hydrogen-bond acceptors (Lipinski definition) is 3. The van der Waals surface area contributed by atoms with Crippen LogP contribution in [0.5, 0.6) is 5.75 Å². The molecule has 0 fully saturated rings. The zero-order chi connectivity index (χ0) is 14.0. The van der Waals surface area contributed by atoms with E-state index in [2.05, 4.69) is 16.9 Å². The SMILES string of the molecule is CCc1c(C)[nH]c(-c2ccc(C)cc2OC)nc1=S. The van der Waals surface area contributed by atoms with Gasteiger partial charge < -0.3 is 9.72 Å². The van der Waals surface area contributed by atoms with Crippen LogP contribution in [0.2, 0.25) is 0 Å². The Morgan fingerprint density at radius 3 is 2.63 bits per heavy atom. The second-order valence-electron chi connectivity index (χ2n) is 4.55. The molecule has 0 atom stereocenters. The molecule has 0 aliphatic heterocycles. The summed E-state index contributed by atoms with van der Waals surface area (Å²) in [6.07, 6.45) is 0.888. The molecule has 1 aromatic heterocycles. The lowest BCUT2D eigenvalue weighted by Crippen LogP contribution is -2.00. The summed E-state index contributed by atoms with van der Waals surface area (Å²) in [4.78, 5) is 7.81. The number of hydrogen-bond donors (Lipinski definition) is 1. The van der Waals surface area contributed by atoms with Crippen molar-refractivity contribution in [3.8, 4) is 17.1 Å². The molecule has 0 amide bonds. The average Bonchev–Trinajstić information content (AvgIpc) is 2.38. The van der Waals surface area contributed by atoms with E-state index in [1.807, 2.05) is 32.0 Å². The van der Waals surface area contributed by atoms with E-state index in [9.17, 15) is 0 Å². The van der Waals surface area contributed by atoms with Crippen molar-refractivity contribution < 1.29 is 4.74 Å². The molecule has 1 N–H and O–H groups in total. The normalized spacial score (nSPS) is 10.5. The molecule has 0 unspecified atom stereocenters. The van der Waals surface area contributed by atoms with Crippen LogP contribution < -0.4 is 4.74 Å². The molecule has 0 spiro atoms. The molecule has 0 saturated heterocycles. The summed E-state index contributed by atoms with van der Waals surface area (Å²) >= 11 is 5.36. The lowest BCUT2D eigenvalue weighted by atomic mass is 10.1. The predicted molar refractivity (Wildman–Crippen MR) is 80.3 cm³/mol. The molecule has 1 aromatic carbocycles. The van der Waals surface area contributed by atoms with Crippen LogP contribution in [0, 0.1) is 18.5 Å². The minimum absolute atomic E-state index is 0.663. The number of ether oxygens (including phenoxy) is 1.